The lowest BCUT2D eigenvalue weighted by atomic mass is 9.96. The summed E-state index contributed by atoms with van der Waals surface area (Å²) in [5, 5.41) is 10.6. The summed E-state index contributed by atoms with van der Waals surface area (Å²) in [7, 11) is 0. The first-order valence-electron chi connectivity index (χ1n) is 8.31. The molecule has 1 aliphatic rings. The molecule has 0 bridgehead atoms. The second kappa shape index (κ2) is 7.26. The summed E-state index contributed by atoms with van der Waals surface area (Å²) in [6.45, 7) is 0. The summed E-state index contributed by atoms with van der Waals surface area (Å²) < 4.78 is 18.3. The number of H-pyrrole nitrogens is 1. The van der Waals surface area contributed by atoms with Crippen LogP contribution >= 0.6 is 23.3 Å². The molecule has 3 N–H and O–H groups in total. The maximum atomic E-state index is 14.3. The zero-order chi connectivity index (χ0) is 18.1. The van der Waals surface area contributed by atoms with E-state index in [0.717, 1.165) is 17.1 Å². The van der Waals surface area contributed by atoms with Gasteiger partial charge in [0.15, 0.2) is 0 Å². The highest BCUT2D eigenvalue weighted by molar-refractivity contribution is 8.02. The van der Waals surface area contributed by atoms with Crippen molar-refractivity contribution in [3.8, 4) is 0 Å². The molecule has 0 spiro atoms. The number of halogens is 1. The van der Waals surface area contributed by atoms with Crippen LogP contribution in [0.4, 0.5) is 10.1 Å². The van der Waals surface area contributed by atoms with Crippen LogP contribution < -0.4 is 10.3 Å². The van der Waals surface area contributed by atoms with Crippen molar-refractivity contribution in [3.63, 3.8) is 0 Å². The van der Waals surface area contributed by atoms with Gasteiger partial charge in [0.05, 0.1) is 16.0 Å². The van der Waals surface area contributed by atoms with Crippen LogP contribution in [0.15, 0.2) is 51.6 Å². The van der Waals surface area contributed by atoms with E-state index in [0.29, 0.717) is 17.2 Å². The summed E-state index contributed by atoms with van der Waals surface area (Å²) in [6.07, 6.45) is 5.75. The van der Waals surface area contributed by atoms with E-state index in [1.54, 1.807) is 17.4 Å². The van der Waals surface area contributed by atoms with Gasteiger partial charge in [-0.15, -0.1) is 11.3 Å². The highest BCUT2D eigenvalue weighted by atomic mass is 32.2. The molecule has 134 valence electrons. The van der Waals surface area contributed by atoms with Gasteiger partial charge in [0, 0.05) is 16.5 Å². The Morgan fingerprint density at radius 3 is 3.00 bits per heavy atom. The molecule has 0 amide bonds. The highest BCUT2D eigenvalue weighted by Crippen LogP contribution is 2.36. The van der Waals surface area contributed by atoms with E-state index in [-0.39, 0.29) is 17.4 Å². The number of thiophene rings is 1. The average Bonchev–Trinajstić information content (AvgIpc) is 3.10. The molecule has 7 heteroatoms. The van der Waals surface area contributed by atoms with Gasteiger partial charge in [-0.05, 0) is 72.5 Å². The number of hydrogen-bond donors (Lipinski definition) is 3. The maximum absolute atomic E-state index is 14.3. The normalized spacial score (nSPS) is 17.3. The van der Waals surface area contributed by atoms with E-state index >= 15 is 0 Å². The molecule has 3 aromatic rings. The lowest BCUT2D eigenvalue weighted by Crippen LogP contribution is -2.09. The molecule has 0 radical (unpaired) electrons. The van der Waals surface area contributed by atoms with Crippen molar-refractivity contribution in [1.82, 2.24) is 4.98 Å². The zero-order valence-corrected chi connectivity index (χ0v) is 15.4. The first-order chi connectivity index (χ1) is 12.6. The Hall–Kier alpha value is -2.09. The van der Waals surface area contributed by atoms with Gasteiger partial charge in [-0.1, -0.05) is 6.08 Å². The Morgan fingerprint density at radius 1 is 1.31 bits per heavy atom. The molecule has 2 heterocycles. The molecule has 0 aliphatic heterocycles. The summed E-state index contributed by atoms with van der Waals surface area (Å²) in [5.41, 5.74) is 1.31. The highest BCUT2D eigenvalue weighted by Gasteiger charge is 2.15. The second-order valence-corrected chi connectivity index (χ2v) is 8.40. The molecule has 1 atom stereocenters. The van der Waals surface area contributed by atoms with Gasteiger partial charge in [-0.3, -0.25) is 4.79 Å². The molecule has 4 rings (SSSR count). The summed E-state index contributed by atoms with van der Waals surface area (Å²) in [6, 6.07) is 8.63. The minimum atomic E-state index is -0.392. The van der Waals surface area contributed by atoms with Crippen LogP contribution in [0.3, 0.4) is 0 Å². The molecule has 4 nitrogen and oxygen atoms in total. The van der Waals surface area contributed by atoms with Gasteiger partial charge in [0.25, 0.3) is 5.56 Å². The number of rotatable bonds is 4. The fourth-order valence-corrected chi connectivity index (χ4v) is 4.85. The number of allylic oxidation sites excluding steroid dienone is 1. The van der Waals surface area contributed by atoms with Crippen LogP contribution in [0.25, 0.3) is 16.3 Å². The smallest absolute Gasteiger partial charge is 0.255 e. The van der Waals surface area contributed by atoms with Crippen molar-refractivity contribution in [2.45, 2.75) is 29.6 Å². The van der Waals surface area contributed by atoms with Crippen LogP contribution in [0.2, 0.25) is 0 Å². The summed E-state index contributed by atoms with van der Waals surface area (Å²) in [4.78, 5) is 15.7. The number of nitrogens with one attached hydrogen (secondary N) is 2. The summed E-state index contributed by atoms with van der Waals surface area (Å²) in [5.74, 6) is -0.392. The predicted molar refractivity (Wildman–Crippen MR) is 106 cm³/mol. The molecular weight excluding hydrogens is 371 g/mol. The van der Waals surface area contributed by atoms with Crippen LogP contribution in [0, 0.1) is 5.82 Å². The van der Waals surface area contributed by atoms with Crippen molar-refractivity contribution in [2.24, 2.45) is 0 Å². The molecule has 0 saturated heterocycles. The molecule has 0 saturated carbocycles. The topological polar surface area (TPSA) is 65.1 Å². The molecular formula is C19H17FN2O2S2. The first kappa shape index (κ1) is 17.3. The quantitative estimate of drug-likeness (QED) is 0.563. The molecule has 0 fully saturated rings. The number of aromatic amines is 1. The standard InChI is InChI=1S/C19H17FN2O2S2/c20-15-9-12-7-8-21-19(24)14(12)10-16(15)22-26-18-6-5-17(25-18)11-1-3-13(23)4-2-11/h1,5-10,13,22-23H,2-4H2,(H,21,24). The number of aromatic nitrogens is 1. The fraction of sp³-hybridized carbons (Fsp3) is 0.211. The third-order valence-electron chi connectivity index (χ3n) is 4.40. The van der Waals surface area contributed by atoms with Gasteiger partial charge in [0.2, 0.25) is 0 Å². The van der Waals surface area contributed by atoms with Gasteiger partial charge in [0.1, 0.15) is 5.82 Å². The van der Waals surface area contributed by atoms with Gasteiger partial charge >= 0.3 is 0 Å². The Labute approximate surface area is 157 Å². The van der Waals surface area contributed by atoms with E-state index in [1.807, 2.05) is 6.07 Å². The number of hydrogen-bond acceptors (Lipinski definition) is 5. The minimum absolute atomic E-state index is 0.228. The summed E-state index contributed by atoms with van der Waals surface area (Å²) >= 11 is 2.96. The number of fused-ring (bicyclic) bond motifs is 1. The second-order valence-electron chi connectivity index (χ2n) is 6.21. The maximum Gasteiger partial charge on any atom is 0.255 e. The van der Waals surface area contributed by atoms with E-state index in [4.69, 9.17) is 0 Å². The monoisotopic (exact) mass is 388 g/mol. The van der Waals surface area contributed by atoms with Crippen molar-refractivity contribution in [1.29, 1.82) is 0 Å². The predicted octanol–water partition coefficient (Wildman–Crippen LogP) is 4.78. The van der Waals surface area contributed by atoms with Crippen LogP contribution in [-0.4, -0.2) is 16.2 Å². The average molecular weight is 388 g/mol. The largest absolute Gasteiger partial charge is 0.393 e. The minimum Gasteiger partial charge on any atom is -0.393 e. The molecule has 1 aliphatic carbocycles. The SMILES string of the molecule is O=c1[nH]ccc2cc(F)c(NSc3ccc(C4=CCC(O)CC4)s3)cc12. The lowest BCUT2D eigenvalue weighted by molar-refractivity contribution is 0.166. The van der Waals surface area contributed by atoms with Gasteiger partial charge in [-0.2, -0.15) is 0 Å². The molecule has 1 unspecified atom stereocenters. The van der Waals surface area contributed by atoms with Gasteiger partial charge in [-0.25, -0.2) is 4.39 Å². The van der Waals surface area contributed by atoms with Crippen molar-refractivity contribution in [2.75, 3.05) is 4.72 Å². The fourth-order valence-electron chi connectivity index (χ4n) is 2.98. The Morgan fingerprint density at radius 2 is 2.19 bits per heavy atom. The number of benzene rings is 1. The lowest BCUT2D eigenvalue weighted by Gasteiger charge is -2.16. The van der Waals surface area contributed by atoms with Crippen LogP contribution in [0.1, 0.15) is 24.1 Å². The number of aliphatic hydroxyl groups excluding tert-OH is 1. The van der Waals surface area contributed by atoms with Gasteiger partial charge < -0.3 is 14.8 Å². The molecule has 2 aromatic heterocycles. The Kier molecular flexibility index (Phi) is 4.84. The third kappa shape index (κ3) is 3.56. The third-order valence-corrected chi connectivity index (χ3v) is 6.52. The van der Waals surface area contributed by atoms with E-state index in [9.17, 15) is 14.3 Å². The molecule has 1 aromatic carbocycles. The number of anilines is 1. The van der Waals surface area contributed by atoms with Crippen molar-refractivity contribution >= 4 is 45.3 Å². The zero-order valence-electron chi connectivity index (χ0n) is 13.8. The van der Waals surface area contributed by atoms with E-state index in [1.165, 1.54) is 40.7 Å². The number of aliphatic hydroxyl groups is 1. The van der Waals surface area contributed by atoms with Crippen molar-refractivity contribution < 1.29 is 9.50 Å². The van der Waals surface area contributed by atoms with E-state index in [2.05, 4.69) is 21.8 Å². The molecule has 26 heavy (non-hydrogen) atoms. The van der Waals surface area contributed by atoms with Crippen LogP contribution in [0.5, 0.6) is 0 Å². The van der Waals surface area contributed by atoms with E-state index < -0.39 is 5.82 Å². The first-order valence-corrected chi connectivity index (χ1v) is 9.94. The van der Waals surface area contributed by atoms with Crippen molar-refractivity contribution in [3.05, 3.63) is 63.7 Å². The Balaban J connectivity index is 1.51. The van der Waals surface area contributed by atoms with Crippen LogP contribution in [-0.2, 0) is 0 Å². The Bertz CT molecular complexity index is 1040. The number of pyridine rings is 1.